The first-order chi connectivity index (χ1) is 10.4. The standard InChI is InChI=1S/C15H16FNO4S/c1-9(18)22-11-7-14(19)17(8-11)13(15(20)21)6-10-4-2-3-5-12(10)16/h2-5,11,13H,6-8H2,1H3,(H,20,21)/t11?,13-/m1/s1. The Balaban J connectivity index is 2.15. The molecule has 1 aliphatic heterocycles. The van der Waals surface area contributed by atoms with Crippen molar-refractivity contribution in [1.29, 1.82) is 0 Å². The Morgan fingerprint density at radius 2 is 2.14 bits per heavy atom. The number of amides is 1. The van der Waals surface area contributed by atoms with Crippen molar-refractivity contribution in [3.63, 3.8) is 0 Å². The molecule has 2 atom stereocenters. The summed E-state index contributed by atoms with van der Waals surface area (Å²) in [5, 5.41) is 9.03. The van der Waals surface area contributed by atoms with Crippen molar-refractivity contribution in [3.05, 3.63) is 35.6 Å². The Morgan fingerprint density at radius 1 is 1.45 bits per heavy atom. The molecular formula is C15H16FNO4S. The van der Waals surface area contributed by atoms with Crippen molar-refractivity contribution in [2.24, 2.45) is 0 Å². The second-order valence-corrected chi connectivity index (χ2v) is 6.61. The van der Waals surface area contributed by atoms with Crippen molar-refractivity contribution < 1.29 is 23.9 Å². The van der Waals surface area contributed by atoms with Gasteiger partial charge in [-0.3, -0.25) is 9.59 Å². The summed E-state index contributed by atoms with van der Waals surface area (Å²) in [4.78, 5) is 35.9. The monoisotopic (exact) mass is 325 g/mol. The SMILES string of the molecule is CC(=O)SC1CC(=O)N([C@H](Cc2ccccc2F)C(=O)O)C1. The van der Waals surface area contributed by atoms with E-state index in [1.807, 2.05) is 0 Å². The molecule has 0 bridgehead atoms. The highest BCUT2D eigenvalue weighted by Crippen LogP contribution is 2.27. The number of carbonyl (C=O) groups is 3. The molecule has 1 heterocycles. The summed E-state index contributed by atoms with van der Waals surface area (Å²) >= 11 is 1.04. The number of carbonyl (C=O) groups excluding carboxylic acids is 2. The van der Waals surface area contributed by atoms with Crippen molar-refractivity contribution in [1.82, 2.24) is 4.90 Å². The molecule has 2 rings (SSSR count). The number of likely N-dealkylation sites (tertiary alicyclic amines) is 1. The van der Waals surface area contributed by atoms with Crippen LogP contribution in [-0.4, -0.2) is 44.8 Å². The number of rotatable bonds is 5. The average molecular weight is 325 g/mol. The van der Waals surface area contributed by atoms with E-state index in [0.29, 0.717) is 0 Å². The zero-order valence-corrected chi connectivity index (χ0v) is 12.8. The highest BCUT2D eigenvalue weighted by Gasteiger charge is 2.38. The molecule has 7 heteroatoms. The number of aliphatic carboxylic acids is 1. The van der Waals surface area contributed by atoms with Crippen molar-refractivity contribution in [2.45, 2.75) is 31.1 Å². The minimum atomic E-state index is -1.18. The summed E-state index contributed by atoms with van der Waals surface area (Å²) in [7, 11) is 0. The molecule has 1 aromatic rings. The predicted octanol–water partition coefficient (Wildman–Crippen LogP) is 1.70. The van der Waals surface area contributed by atoms with E-state index < -0.39 is 17.8 Å². The Labute approximate surface area is 131 Å². The lowest BCUT2D eigenvalue weighted by Crippen LogP contribution is -2.44. The normalized spacial score (nSPS) is 19.3. The van der Waals surface area contributed by atoms with Crippen LogP contribution in [0.2, 0.25) is 0 Å². The van der Waals surface area contributed by atoms with E-state index in [9.17, 15) is 23.9 Å². The van der Waals surface area contributed by atoms with Crippen LogP contribution in [0.25, 0.3) is 0 Å². The van der Waals surface area contributed by atoms with Gasteiger partial charge in [0.25, 0.3) is 0 Å². The number of thioether (sulfide) groups is 1. The van der Waals surface area contributed by atoms with Gasteiger partial charge in [-0.25, -0.2) is 9.18 Å². The topological polar surface area (TPSA) is 74.7 Å². The Kier molecular flexibility index (Phi) is 5.18. The third-order valence-electron chi connectivity index (χ3n) is 3.49. The molecule has 22 heavy (non-hydrogen) atoms. The third kappa shape index (κ3) is 3.85. The minimum Gasteiger partial charge on any atom is -0.480 e. The fourth-order valence-corrected chi connectivity index (χ4v) is 3.45. The van der Waals surface area contributed by atoms with Gasteiger partial charge < -0.3 is 10.0 Å². The molecule has 0 radical (unpaired) electrons. The molecule has 118 valence electrons. The van der Waals surface area contributed by atoms with Crippen LogP contribution in [0.5, 0.6) is 0 Å². The lowest BCUT2D eigenvalue weighted by molar-refractivity contribution is -0.148. The molecule has 5 nitrogen and oxygen atoms in total. The molecular weight excluding hydrogens is 309 g/mol. The van der Waals surface area contributed by atoms with Crippen LogP contribution in [0.1, 0.15) is 18.9 Å². The Bertz CT molecular complexity index is 607. The highest BCUT2D eigenvalue weighted by atomic mass is 32.2. The van der Waals surface area contributed by atoms with Crippen molar-refractivity contribution >= 4 is 28.8 Å². The van der Waals surface area contributed by atoms with Crippen LogP contribution >= 0.6 is 11.8 Å². The van der Waals surface area contributed by atoms with E-state index in [1.54, 1.807) is 6.07 Å². The lowest BCUT2D eigenvalue weighted by atomic mass is 10.0. The van der Waals surface area contributed by atoms with Gasteiger partial charge in [0.2, 0.25) is 5.91 Å². The molecule has 1 aromatic carbocycles. The molecule has 1 aliphatic rings. The molecule has 0 saturated carbocycles. The van der Waals surface area contributed by atoms with Crippen LogP contribution < -0.4 is 0 Å². The maximum Gasteiger partial charge on any atom is 0.326 e. The van der Waals surface area contributed by atoms with Gasteiger partial charge in [0.1, 0.15) is 11.9 Å². The number of hydrogen-bond acceptors (Lipinski definition) is 4. The average Bonchev–Trinajstić information content (AvgIpc) is 2.77. The molecule has 1 saturated heterocycles. The van der Waals surface area contributed by atoms with Gasteiger partial charge in [0.15, 0.2) is 5.12 Å². The van der Waals surface area contributed by atoms with E-state index in [1.165, 1.54) is 30.0 Å². The number of carboxylic acid groups (broad SMARTS) is 1. The van der Waals surface area contributed by atoms with Gasteiger partial charge in [-0.1, -0.05) is 30.0 Å². The summed E-state index contributed by atoms with van der Waals surface area (Å²) in [6, 6.07) is 4.79. The van der Waals surface area contributed by atoms with Gasteiger partial charge in [-0.2, -0.15) is 0 Å². The molecule has 0 aliphatic carbocycles. The largest absolute Gasteiger partial charge is 0.480 e. The second kappa shape index (κ2) is 6.91. The van der Waals surface area contributed by atoms with Gasteiger partial charge in [-0.05, 0) is 11.6 Å². The van der Waals surface area contributed by atoms with Crippen LogP contribution in [-0.2, 0) is 20.8 Å². The fraction of sp³-hybridized carbons (Fsp3) is 0.400. The quantitative estimate of drug-likeness (QED) is 0.892. The summed E-state index contributed by atoms with van der Waals surface area (Å²) in [5.41, 5.74) is 0.255. The maximum absolute atomic E-state index is 13.7. The van der Waals surface area contributed by atoms with Gasteiger partial charge in [-0.15, -0.1) is 0 Å². The van der Waals surface area contributed by atoms with Gasteiger partial charge in [0, 0.05) is 31.6 Å². The number of carboxylic acids is 1. The minimum absolute atomic E-state index is 0.0921. The molecule has 0 spiro atoms. The molecule has 1 fully saturated rings. The summed E-state index contributed by atoms with van der Waals surface area (Å²) in [6.45, 7) is 1.60. The number of benzene rings is 1. The highest BCUT2D eigenvalue weighted by molar-refractivity contribution is 8.14. The van der Waals surface area contributed by atoms with Crippen LogP contribution in [0.3, 0.4) is 0 Å². The lowest BCUT2D eigenvalue weighted by Gasteiger charge is -2.24. The molecule has 1 amide bonds. The first kappa shape index (κ1) is 16.5. The van der Waals surface area contributed by atoms with Crippen LogP contribution in [0, 0.1) is 5.82 Å². The van der Waals surface area contributed by atoms with Crippen LogP contribution in [0.4, 0.5) is 4.39 Å². The zero-order valence-electron chi connectivity index (χ0n) is 12.0. The Hall–Kier alpha value is -1.89. The Morgan fingerprint density at radius 3 is 2.73 bits per heavy atom. The molecule has 0 aromatic heterocycles. The fourth-order valence-electron chi connectivity index (χ4n) is 2.52. The van der Waals surface area contributed by atoms with E-state index in [2.05, 4.69) is 0 Å². The summed E-state index contributed by atoms with van der Waals surface area (Å²) < 4.78 is 13.7. The van der Waals surface area contributed by atoms with Crippen molar-refractivity contribution in [2.75, 3.05) is 6.54 Å². The van der Waals surface area contributed by atoms with Gasteiger partial charge >= 0.3 is 5.97 Å². The zero-order chi connectivity index (χ0) is 16.3. The first-order valence-electron chi connectivity index (χ1n) is 6.81. The second-order valence-electron chi connectivity index (χ2n) is 5.13. The van der Waals surface area contributed by atoms with E-state index in [-0.39, 0.29) is 41.2 Å². The third-order valence-corrected chi connectivity index (χ3v) is 4.47. The molecule has 1 unspecified atom stereocenters. The van der Waals surface area contributed by atoms with Crippen molar-refractivity contribution in [3.8, 4) is 0 Å². The van der Waals surface area contributed by atoms with E-state index in [4.69, 9.17) is 0 Å². The van der Waals surface area contributed by atoms with Gasteiger partial charge in [0.05, 0.1) is 0 Å². The predicted molar refractivity (Wildman–Crippen MR) is 79.9 cm³/mol. The summed E-state index contributed by atoms with van der Waals surface area (Å²) in [5.74, 6) is -1.98. The van der Waals surface area contributed by atoms with E-state index >= 15 is 0 Å². The van der Waals surface area contributed by atoms with Crippen LogP contribution in [0.15, 0.2) is 24.3 Å². The maximum atomic E-state index is 13.7. The first-order valence-corrected chi connectivity index (χ1v) is 7.69. The smallest absolute Gasteiger partial charge is 0.326 e. The number of hydrogen-bond donors (Lipinski definition) is 1. The van der Waals surface area contributed by atoms with E-state index in [0.717, 1.165) is 11.8 Å². The number of nitrogens with zero attached hydrogens (tertiary/aromatic N) is 1. The number of halogens is 1. The molecule has 1 N–H and O–H groups in total. The summed E-state index contributed by atoms with van der Waals surface area (Å²) in [6.07, 6.45) is 0.0382.